The molecule has 0 saturated carbocycles. The molecule has 0 aliphatic heterocycles. The summed E-state index contributed by atoms with van der Waals surface area (Å²) in [4.78, 5) is 29.1. The van der Waals surface area contributed by atoms with E-state index < -0.39 is 0 Å². The predicted octanol–water partition coefficient (Wildman–Crippen LogP) is 5.53. The second kappa shape index (κ2) is 12.0. The van der Waals surface area contributed by atoms with Gasteiger partial charge < -0.3 is 20.1 Å². The van der Waals surface area contributed by atoms with Crippen molar-refractivity contribution in [2.75, 3.05) is 24.4 Å². The van der Waals surface area contributed by atoms with Crippen LogP contribution in [0.1, 0.15) is 21.6 Å². The van der Waals surface area contributed by atoms with Gasteiger partial charge in [-0.3, -0.25) is 14.6 Å². The molecule has 3 aromatic carbocycles. The Kier molecular flexibility index (Phi) is 8.07. The Morgan fingerprint density at radius 2 is 1.58 bits per heavy atom. The molecule has 7 nitrogen and oxygen atoms in total. The van der Waals surface area contributed by atoms with Crippen LogP contribution in [0.4, 0.5) is 11.4 Å². The molecule has 0 fully saturated rings. The number of carbonyl (C=O) groups is 2. The van der Waals surface area contributed by atoms with E-state index >= 15 is 0 Å². The maximum Gasteiger partial charge on any atom is 0.262 e. The van der Waals surface area contributed by atoms with Crippen LogP contribution in [0.3, 0.4) is 0 Å². The Morgan fingerprint density at radius 1 is 0.806 bits per heavy atom. The third kappa shape index (κ3) is 7.04. The number of rotatable bonds is 9. The van der Waals surface area contributed by atoms with Crippen molar-refractivity contribution >= 4 is 35.3 Å². The molecule has 36 heavy (non-hydrogen) atoms. The van der Waals surface area contributed by atoms with Crippen molar-refractivity contribution in [1.82, 2.24) is 4.98 Å². The van der Waals surface area contributed by atoms with Crippen LogP contribution >= 0.6 is 0 Å². The lowest BCUT2D eigenvalue weighted by molar-refractivity contribution is -0.118. The van der Waals surface area contributed by atoms with Gasteiger partial charge in [-0.2, -0.15) is 0 Å². The summed E-state index contributed by atoms with van der Waals surface area (Å²) < 4.78 is 10.7. The van der Waals surface area contributed by atoms with E-state index in [4.69, 9.17) is 9.47 Å². The second-order valence-electron chi connectivity index (χ2n) is 7.76. The highest BCUT2D eigenvalue weighted by atomic mass is 16.5. The maximum absolute atomic E-state index is 12.7. The Bertz CT molecular complexity index is 1350. The van der Waals surface area contributed by atoms with Crippen molar-refractivity contribution in [3.05, 3.63) is 114 Å². The summed E-state index contributed by atoms with van der Waals surface area (Å²) >= 11 is 0. The summed E-state index contributed by atoms with van der Waals surface area (Å²) in [5, 5.41) is 5.65. The number of amides is 2. The number of nitrogens with zero attached hydrogens (tertiary/aromatic N) is 1. The van der Waals surface area contributed by atoms with Crippen LogP contribution in [0, 0.1) is 0 Å². The second-order valence-corrected chi connectivity index (χ2v) is 7.76. The molecule has 180 valence electrons. The molecule has 0 spiro atoms. The Morgan fingerprint density at radius 3 is 2.33 bits per heavy atom. The lowest BCUT2D eigenvalue weighted by atomic mass is 10.1. The molecule has 0 atom stereocenters. The molecule has 0 unspecified atom stereocenters. The Labute approximate surface area is 209 Å². The number of pyridine rings is 1. The summed E-state index contributed by atoms with van der Waals surface area (Å²) in [6.45, 7) is -0.165. The molecule has 0 aliphatic carbocycles. The normalized spacial score (nSPS) is 10.6. The van der Waals surface area contributed by atoms with Gasteiger partial charge >= 0.3 is 0 Å². The summed E-state index contributed by atoms with van der Waals surface area (Å²) in [5.74, 6) is 0.578. The van der Waals surface area contributed by atoms with Gasteiger partial charge in [-0.05, 0) is 72.3 Å². The predicted molar refractivity (Wildman–Crippen MR) is 141 cm³/mol. The van der Waals surface area contributed by atoms with E-state index in [1.807, 2.05) is 54.6 Å². The zero-order chi connectivity index (χ0) is 25.2. The zero-order valence-corrected chi connectivity index (χ0v) is 19.7. The van der Waals surface area contributed by atoms with E-state index in [9.17, 15) is 9.59 Å². The van der Waals surface area contributed by atoms with E-state index in [0.29, 0.717) is 28.4 Å². The van der Waals surface area contributed by atoms with E-state index in [2.05, 4.69) is 15.6 Å². The van der Waals surface area contributed by atoms with Crippen LogP contribution in [0.25, 0.3) is 12.2 Å². The highest BCUT2D eigenvalue weighted by Crippen LogP contribution is 2.18. The fourth-order valence-electron chi connectivity index (χ4n) is 3.33. The van der Waals surface area contributed by atoms with E-state index in [-0.39, 0.29) is 18.4 Å². The highest BCUT2D eigenvalue weighted by Gasteiger charge is 2.08. The number of nitrogens with one attached hydrogen (secondary N) is 2. The summed E-state index contributed by atoms with van der Waals surface area (Å²) in [6.07, 6.45) is 5.59. The van der Waals surface area contributed by atoms with Crippen LogP contribution in [-0.2, 0) is 4.79 Å². The summed E-state index contributed by atoms with van der Waals surface area (Å²) in [7, 11) is 1.56. The standard InChI is InChI=1S/C29H25N3O4/c1-35-27-10-5-9-25(19-27)31-28(33)20-36-26-15-12-22(13-16-26)29(34)32-24-8-4-6-21(18-24)11-14-23-7-2-3-17-30-23/h2-19H,20H2,1H3,(H,31,33)(H,32,34)/b14-11+. The van der Waals surface area contributed by atoms with E-state index in [0.717, 1.165) is 11.3 Å². The van der Waals surface area contributed by atoms with Crippen molar-refractivity contribution < 1.29 is 19.1 Å². The summed E-state index contributed by atoms with van der Waals surface area (Å²) in [6, 6.07) is 26.9. The molecule has 1 aromatic heterocycles. The molecule has 1 heterocycles. The first-order valence-corrected chi connectivity index (χ1v) is 11.3. The van der Waals surface area contributed by atoms with Gasteiger partial charge in [-0.15, -0.1) is 0 Å². The average Bonchev–Trinajstić information content (AvgIpc) is 2.92. The summed E-state index contributed by atoms with van der Waals surface area (Å²) in [5.41, 5.74) is 3.56. The minimum absolute atomic E-state index is 0.165. The number of benzene rings is 3. The van der Waals surface area contributed by atoms with Gasteiger partial charge in [0, 0.05) is 29.2 Å². The number of anilines is 2. The minimum Gasteiger partial charge on any atom is -0.497 e. The smallest absolute Gasteiger partial charge is 0.262 e. The van der Waals surface area contributed by atoms with Crippen molar-refractivity contribution in [1.29, 1.82) is 0 Å². The van der Waals surface area contributed by atoms with Crippen LogP contribution in [0.15, 0.2) is 97.2 Å². The van der Waals surface area contributed by atoms with Crippen molar-refractivity contribution in [3.8, 4) is 11.5 Å². The van der Waals surface area contributed by atoms with Crippen LogP contribution < -0.4 is 20.1 Å². The van der Waals surface area contributed by atoms with Gasteiger partial charge in [0.2, 0.25) is 0 Å². The largest absolute Gasteiger partial charge is 0.497 e. The number of methoxy groups -OCH3 is 1. The fraction of sp³-hybridized carbons (Fsp3) is 0.0690. The third-order valence-corrected chi connectivity index (χ3v) is 5.12. The number of hydrogen-bond acceptors (Lipinski definition) is 5. The van der Waals surface area contributed by atoms with Gasteiger partial charge in [0.05, 0.1) is 12.8 Å². The number of aromatic nitrogens is 1. The molecular formula is C29H25N3O4. The number of hydrogen-bond donors (Lipinski definition) is 2. The Balaban J connectivity index is 1.29. The molecule has 2 N–H and O–H groups in total. The quantitative estimate of drug-likeness (QED) is 0.329. The maximum atomic E-state index is 12.7. The van der Waals surface area contributed by atoms with Gasteiger partial charge in [-0.1, -0.05) is 30.3 Å². The molecule has 0 bridgehead atoms. The monoisotopic (exact) mass is 479 g/mol. The molecule has 7 heteroatoms. The third-order valence-electron chi connectivity index (χ3n) is 5.12. The van der Waals surface area contributed by atoms with E-state index in [1.54, 1.807) is 61.8 Å². The zero-order valence-electron chi connectivity index (χ0n) is 19.7. The lowest BCUT2D eigenvalue weighted by Crippen LogP contribution is -2.20. The first-order valence-electron chi connectivity index (χ1n) is 11.3. The van der Waals surface area contributed by atoms with Crippen molar-refractivity contribution in [3.63, 3.8) is 0 Å². The fourth-order valence-corrected chi connectivity index (χ4v) is 3.33. The highest BCUT2D eigenvalue weighted by molar-refractivity contribution is 6.04. The van der Waals surface area contributed by atoms with Crippen LogP contribution in [-0.4, -0.2) is 30.5 Å². The molecule has 0 saturated heterocycles. The van der Waals surface area contributed by atoms with Crippen molar-refractivity contribution in [2.24, 2.45) is 0 Å². The van der Waals surface area contributed by atoms with Crippen LogP contribution in [0.5, 0.6) is 11.5 Å². The molecule has 4 aromatic rings. The molecular weight excluding hydrogens is 454 g/mol. The van der Waals surface area contributed by atoms with Gasteiger partial charge in [0.25, 0.3) is 11.8 Å². The minimum atomic E-state index is -0.304. The first kappa shape index (κ1) is 24.2. The molecule has 2 amide bonds. The van der Waals surface area contributed by atoms with Gasteiger partial charge in [-0.25, -0.2) is 0 Å². The molecule has 0 aliphatic rings. The van der Waals surface area contributed by atoms with Gasteiger partial charge in [0.1, 0.15) is 11.5 Å². The topological polar surface area (TPSA) is 89.5 Å². The van der Waals surface area contributed by atoms with Crippen molar-refractivity contribution in [2.45, 2.75) is 0 Å². The lowest BCUT2D eigenvalue weighted by Gasteiger charge is -2.10. The number of carbonyl (C=O) groups excluding carboxylic acids is 2. The Hall–Kier alpha value is -4.91. The first-order chi connectivity index (χ1) is 17.6. The van der Waals surface area contributed by atoms with Gasteiger partial charge in [0.15, 0.2) is 6.61 Å². The average molecular weight is 480 g/mol. The van der Waals surface area contributed by atoms with Crippen LogP contribution in [0.2, 0.25) is 0 Å². The SMILES string of the molecule is COc1cccc(NC(=O)COc2ccc(C(=O)Nc3cccc(/C=C/c4ccccn4)c3)cc2)c1. The molecule has 4 rings (SSSR count). The molecule has 0 radical (unpaired) electrons. The van der Waals surface area contributed by atoms with E-state index in [1.165, 1.54) is 0 Å². The number of ether oxygens (including phenoxy) is 2.